The van der Waals surface area contributed by atoms with Gasteiger partial charge in [0.2, 0.25) is 5.91 Å². The van der Waals surface area contributed by atoms with Crippen LogP contribution in [-0.2, 0) is 30.7 Å². The molecular formula is C21H23F2N5O. The molecule has 6 nitrogen and oxygen atoms in total. The summed E-state index contributed by atoms with van der Waals surface area (Å²) in [7, 11) is 0. The van der Waals surface area contributed by atoms with Crippen molar-refractivity contribution in [3.8, 4) is 0 Å². The summed E-state index contributed by atoms with van der Waals surface area (Å²) in [5.41, 5.74) is 5.02. The zero-order chi connectivity index (χ0) is 20.0. The summed E-state index contributed by atoms with van der Waals surface area (Å²) >= 11 is 0. The third-order valence-electron chi connectivity index (χ3n) is 6.33. The number of carbonyl (C=O) groups excluding carboxylic acids is 1. The van der Waals surface area contributed by atoms with Crippen LogP contribution in [0.5, 0.6) is 0 Å². The van der Waals surface area contributed by atoms with Gasteiger partial charge in [-0.15, -0.1) is 0 Å². The van der Waals surface area contributed by atoms with Crippen molar-refractivity contribution in [2.45, 2.75) is 51.6 Å². The lowest BCUT2D eigenvalue weighted by Crippen LogP contribution is -2.34. The van der Waals surface area contributed by atoms with Crippen LogP contribution in [0.1, 0.15) is 53.9 Å². The quantitative estimate of drug-likeness (QED) is 0.794. The van der Waals surface area contributed by atoms with Crippen LogP contribution >= 0.6 is 0 Å². The van der Waals surface area contributed by atoms with Crippen LogP contribution in [0.15, 0.2) is 18.3 Å². The highest BCUT2D eigenvalue weighted by Gasteiger charge is 2.36. The van der Waals surface area contributed by atoms with Crippen LogP contribution in [0, 0.1) is 5.92 Å². The molecule has 4 heterocycles. The maximum absolute atomic E-state index is 13.2. The highest BCUT2D eigenvalue weighted by Crippen LogP contribution is 2.33. The van der Waals surface area contributed by atoms with Crippen molar-refractivity contribution >= 4 is 11.6 Å². The largest absolute Gasteiger partial charge is 0.371 e. The SMILES string of the molecule is O=C([C@@H]1CCN(c2ccnc(C(F)F)c2)C1)N1Cc2nnc3c(c2C1)CCCC3. The van der Waals surface area contributed by atoms with E-state index in [1.165, 1.54) is 29.8 Å². The van der Waals surface area contributed by atoms with E-state index in [2.05, 4.69) is 15.2 Å². The number of nitrogens with zero attached hydrogens (tertiary/aromatic N) is 5. The third kappa shape index (κ3) is 3.34. The molecule has 2 aromatic heterocycles. The van der Waals surface area contributed by atoms with E-state index in [-0.39, 0.29) is 17.5 Å². The van der Waals surface area contributed by atoms with Gasteiger partial charge in [-0.2, -0.15) is 10.2 Å². The molecule has 1 aliphatic carbocycles. The van der Waals surface area contributed by atoms with Gasteiger partial charge in [-0.05, 0) is 49.8 Å². The van der Waals surface area contributed by atoms with E-state index in [1.54, 1.807) is 6.07 Å². The second-order valence-corrected chi connectivity index (χ2v) is 8.12. The molecule has 1 atom stereocenters. The molecular weight excluding hydrogens is 376 g/mol. The summed E-state index contributed by atoms with van der Waals surface area (Å²) in [6, 6.07) is 3.15. The number of alkyl halides is 2. The Morgan fingerprint density at radius 3 is 2.79 bits per heavy atom. The molecule has 2 aromatic rings. The first-order chi connectivity index (χ1) is 14.1. The summed E-state index contributed by atoms with van der Waals surface area (Å²) in [4.78, 5) is 20.8. The van der Waals surface area contributed by atoms with Crippen LogP contribution in [-0.4, -0.2) is 39.1 Å². The summed E-state index contributed by atoms with van der Waals surface area (Å²) in [5, 5.41) is 8.78. The fourth-order valence-electron chi connectivity index (χ4n) is 4.78. The van der Waals surface area contributed by atoms with Gasteiger partial charge in [0.25, 0.3) is 6.43 Å². The smallest absolute Gasteiger partial charge is 0.280 e. The predicted molar refractivity (Wildman–Crippen MR) is 102 cm³/mol. The minimum atomic E-state index is -2.59. The second-order valence-electron chi connectivity index (χ2n) is 8.12. The van der Waals surface area contributed by atoms with Crippen molar-refractivity contribution in [1.82, 2.24) is 20.1 Å². The Kier molecular flexibility index (Phi) is 4.64. The molecule has 3 aliphatic rings. The summed E-state index contributed by atoms with van der Waals surface area (Å²) in [6.07, 6.45) is 3.87. The Hall–Kier alpha value is -2.64. The first-order valence-electron chi connectivity index (χ1n) is 10.2. The van der Waals surface area contributed by atoms with Gasteiger partial charge in [0, 0.05) is 37.1 Å². The lowest BCUT2D eigenvalue weighted by atomic mass is 9.92. The Morgan fingerprint density at radius 2 is 1.93 bits per heavy atom. The summed E-state index contributed by atoms with van der Waals surface area (Å²) < 4.78 is 25.9. The molecule has 2 aliphatic heterocycles. The highest BCUT2D eigenvalue weighted by atomic mass is 19.3. The molecule has 0 saturated carbocycles. The van der Waals surface area contributed by atoms with Crippen LogP contribution in [0.3, 0.4) is 0 Å². The molecule has 1 saturated heterocycles. The van der Waals surface area contributed by atoms with E-state index in [4.69, 9.17) is 0 Å². The van der Waals surface area contributed by atoms with Crippen LogP contribution in [0.4, 0.5) is 14.5 Å². The fourth-order valence-corrected chi connectivity index (χ4v) is 4.78. The molecule has 1 fully saturated rings. The molecule has 0 N–H and O–H groups in total. The third-order valence-corrected chi connectivity index (χ3v) is 6.33. The molecule has 0 aromatic carbocycles. The second kappa shape index (κ2) is 7.31. The van der Waals surface area contributed by atoms with Crippen molar-refractivity contribution in [2.75, 3.05) is 18.0 Å². The summed E-state index contributed by atoms with van der Waals surface area (Å²) in [6.45, 7) is 2.37. The van der Waals surface area contributed by atoms with Crippen LogP contribution < -0.4 is 4.90 Å². The predicted octanol–water partition coefficient (Wildman–Crippen LogP) is 3.06. The molecule has 0 bridgehead atoms. The molecule has 0 unspecified atom stereocenters. The van der Waals surface area contributed by atoms with Gasteiger partial charge in [-0.1, -0.05) is 0 Å². The number of anilines is 1. The number of carbonyl (C=O) groups is 1. The maximum Gasteiger partial charge on any atom is 0.280 e. The zero-order valence-electron chi connectivity index (χ0n) is 16.2. The van der Waals surface area contributed by atoms with E-state index in [1.807, 2.05) is 9.80 Å². The number of halogens is 2. The Balaban J connectivity index is 1.28. The van der Waals surface area contributed by atoms with E-state index in [0.29, 0.717) is 31.9 Å². The van der Waals surface area contributed by atoms with Gasteiger partial charge in [0.15, 0.2) is 0 Å². The lowest BCUT2D eigenvalue weighted by Gasteiger charge is -2.22. The van der Waals surface area contributed by atoms with Crippen molar-refractivity contribution < 1.29 is 13.6 Å². The standard InChI is InChI=1S/C21H23F2N5O/c22-20(23)18-9-14(5-7-24-18)27-8-6-13(10-27)21(29)28-11-16-15-3-1-2-4-17(15)25-26-19(16)12-28/h5,7,9,13,20H,1-4,6,8,10-12H2/t13-/m1/s1. The minimum absolute atomic E-state index is 0.123. The minimum Gasteiger partial charge on any atom is -0.371 e. The van der Waals surface area contributed by atoms with Crippen LogP contribution in [0.25, 0.3) is 0 Å². The van der Waals surface area contributed by atoms with Gasteiger partial charge in [0.05, 0.1) is 23.9 Å². The van der Waals surface area contributed by atoms with Crippen molar-refractivity contribution in [3.05, 3.63) is 46.5 Å². The van der Waals surface area contributed by atoms with E-state index < -0.39 is 6.43 Å². The van der Waals surface area contributed by atoms with Gasteiger partial charge < -0.3 is 9.80 Å². The number of aryl methyl sites for hydroxylation is 1. The number of fused-ring (bicyclic) bond motifs is 3. The average Bonchev–Trinajstić information content (AvgIpc) is 3.41. The van der Waals surface area contributed by atoms with Gasteiger partial charge >= 0.3 is 0 Å². The molecule has 0 radical (unpaired) electrons. The monoisotopic (exact) mass is 399 g/mol. The normalized spacial score (nSPS) is 20.9. The summed E-state index contributed by atoms with van der Waals surface area (Å²) in [5.74, 6) is -0.00513. The van der Waals surface area contributed by atoms with Crippen molar-refractivity contribution in [1.29, 1.82) is 0 Å². The number of hydrogen-bond donors (Lipinski definition) is 0. The van der Waals surface area contributed by atoms with E-state index in [0.717, 1.165) is 37.1 Å². The van der Waals surface area contributed by atoms with E-state index >= 15 is 0 Å². The zero-order valence-corrected chi connectivity index (χ0v) is 16.2. The Labute approximate surface area is 167 Å². The average molecular weight is 399 g/mol. The molecule has 0 spiro atoms. The Morgan fingerprint density at radius 1 is 1.10 bits per heavy atom. The number of hydrogen-bond acceptors (Lipinski definition) is 5. The highest BCUT2D eigenvalue weighted by molar-refractivity contribution is 5.81. The van der Waals surface area contributed by atoms with Gasteiger partial charge in [-0.25, -0.2) is 8.78 Å². The first kappa shape index (κ1) is 18.4. The molecule has 29 heavy (non-hydrogen) atoms. The molecule has 152 valence electrons. The number of rotatable bonds is 3. The van der Waals surface area contributed by atoms with Crippen molar-refractivity contribution in [3.63, 3.8) is 0 Å². The number of pyridine rings is 1. The molecule has 1 amide bonds. The fraction of sp³-hybridized carbons (Fsp3) is 0.524. The maximum atomic E-state index is 13.2. The van der Waals surface area contributed by atoms with Crippen molar-refractivity contribution in [2.24, 2.45) is 5.92 Å². The number of aromatic nitrogens is 3. The Bertz CT molecular complexity index is 951. The topological polar surface area (TPSA) is 62.2 Å². The van der Waals surface area contributed by atoms with Gasteiger partial charge in [-0.3, -0.25) is 9.78 Å². The van der Waals surface area contributed by atoms with E-state index in [9.17, 15) is 13.6 Å². The molecule has 5 rings (SSSR count). The lowest BCUT2D eigenvalue weighted by molar-refractivity contribution is -0.135. The molecule has 8 heteroatoms. The number of amides is 1. The van der Waals surface area contributed by atoms with Gasteiger partial charge in [0.1, 0.15) is 5.69 Å². The van der Waals surface area contributed by atoms with Crippen LogP contribution in [0.2, 0.25) is 0 Å². The first-order valence-corrected chi connectivity index (χ1v) is 10.2.